The molecule has 3 heterocycles. The smallest absolute Gasteiger partial charge is 0.411 e. The number of ether oxygens (including phenoxy) is 1. The maximum absolute atomic E-state index is 12.9. The zero-order valence-corrected chi connectivity index (χ0v) is 19.0. The molecule has 1 aromatic carbocycles. The van der Waals surface area contributed by atoms with Crippen LogP contribution in [0.1, 0.15) is 62.6 Å². The summed E-state index contributed by atoms with van der Waals surface area (Å²) in [5.74, 6) is 1.38. The number of anilines is 1. The van der Waals surface area contributed by atoms with E-state index in [0.717, 1.165) is 42.4 Å². The fraction of sp³-hybridized carbons (Fsp3) is 0.385. The number of cyclic esters (lactones) is 1. The summed E-state index contributed by atoms with van der Waals surface area (Å²) >= 11 is 0. The lowest BCUT2D eigenvalue weighted by atomic mass is 9.80. The highest BCUT2D eigenvalue weighted by atomic mass is 16.6. The first-order chi connectivity index (χ1) is 15.9. The number of pyridine rings is 1. The average molecular weight is 444 g/mol. The van der Waals surface area contributed by atoms with Crippen molar-refractivity contribution in [3.05, 3.63) is 72.2 Å². The largest absolute Gasteiger partial charge is 0.441 e. The number of hydrogen-bond acceptors (Lipinski definition) is 6. The van der Waals surface area contributed by atoms with Gasteiger partial charge < -0.3 is 10.5 Å². The molecule has 2 N–H and O–H groups in total. The van der Waals surface area contributed by atoms with Crippen molar-refractivity contribution in [1.82, 2.24) is 19.9 Å². The van der Waals surface area contributed by atoms with E-state index in [1.54, 1.807) is 18.5 Å². The SMILES string of the molecule is CC1(C)OC(=O)N(C2CCC(c3cnc(N)c(-c4ncccn4)c3)CC2)[C@@H]1c1ccccc1. The molecule has 7 heteroatoms. The minimum atomic E-state index is -0.569. The first-order valence-corrected chi connectivity index (χ1v) is 11.5. The minimum Gasteiger partial charge on any atom is -0.441 e. The highest BCUT2D eigenvalue weighted by Crippen LogP contribution is 2.46. The summed E-state index contributed by atoms with van der Waals surface area (Å²) in [6.07, 6.45) is 8.84. The molecule has 1 amide bonds. The van der Waals surface area contributed by atoms with Crippen LogP contribution in [-0.4, -0.2) is 37.6 Å². The number of carbonyl (C=O) groups excluding carboxylic acids is 1. The lowest BCUT2D eigenvalue weighted by Gasteiger charge is -2.38. The molecule has 7 nitrogen and oxygen atoms in total. The Hall–Kier alpha value is -3.48. The van der Waals surface area contributed by atoms with E-state index in [2.05, 4.69) is 33.2 Å². The second-order valence-electron chi connectivity index (χ2n) is 9.47. The number of nitrogens with zero attached hydrogens (tertiary/aromatic N) is 4. The van der Waals surface area contributed by atoms with E-state index in [4.69, 9.17) is 10.5 Å². The summed E-state index contributed by atoms with van der Waals surface area (Å²) in [6.45, 7) is 4.00. The number of rotatable bonds is 4. The van der Waals surface area contributed by atoms with Gasteiger partial charge in [-0.15, -0.1) is 0 Å². The van der Waals surface area contributed by atoms with Crippen molar-refractivity contribution in [2.75, 3.05) is 5.73 Å². The van der Waals surface area contributed by atoms with Crippen molar-refractivity contribution in [2.45, 2.75) is 63.1 Å². The highest BCUT2D eigenvalue weighted by Gasteiger charge is 2.51. The van der Waals surface area contributed by atoms with Crippen LogP contribution in [0.2, 0.25) is 0 Å². The van der Waals surface area contributed by atoms with E-state index in [1.807, 2.05) is 43.1 Å². The van der Waals surface area contributed by atoms with Crippen molar-refractivity contribution >= 4 is 11.9 Å². The Balaban J connectivity index is 1.35. The maximum Gasteiger partial charge on any atom is 0.411 e. The van der Waals surface area contributed by atoms with Crippen molar-refractivity contribution in [3.8, 4) is 11.4 Å². The minimum absolute atomic E-state index is 0.0900. The number of nitrogens with two attached hydrogens (primary N) is 1. The van der Waals surface area contributed by atoms with E-state index in [9.17, 15) is 4.79 Å². The fourth-order valence-electron chi connectivity index (χ4n) is 5.35. The van der Waals surface area contributed by atoms with Crippen LogP contribution in [0.25, 0.3) is 11.4 Å². The van der Waals surface area contributed by atoms with E-state index < -0.39 is 5.60 Å². The third kappa shape index (κ3) is 4.03. The summed E-state index contributed by atoms with van der Waals surface area (Å²) in [6, 6.07) is 14.1. The molecular formula is C26H29N5O2. The van der Waals surface area contributed by atoms with E-state index in [-0.39, 0.29) is 18.2 Å². The Bertz CT molecular complexity index is 1130. The standard InChI is InChI=1S/C26H29N5O2/c1-26(2)22(18-7-4-3-5-8-18)31(25(32)33-26)20-11-9-17(10-12-20)19-15-21(23(27)30-16-19)24-28-13-6-14-29-24/h3-8,13-17,20,22H,9-12H2,1-2H3,(H2,27,30)/t17?,20?,22-/m1/s1. The summed E-state index contributed by atoms with van der Waals surface area (Å²) in [7, 11) is 0. The average Bonchev–Trinajstić information content (AvgIpc) is 3.08. The molecule has 1 aliphatic heterocycles. The van der Waals surface area contributed by atoms with E-state index in [1.165, 1.54) is 0 Å². The zero-order valence-electron chi connectivity index (χ0n) is 19.0. The van der Waals surface area contributed by atoms with Crippen LogP contribution in [0, 0.1) is 0 Å². The van der Waals surface area contributed by atoms with Gasteiger partial charge in [0.25, 0.3) is 0 Å². The van der Waals surface area contributed by atoms with Crippen molar-refractivity contribution in [1.29, 1.82) is 0 Å². The van der Waals surface area contributed by atoms with Gasteiger partial charge in [-0.25, -0.2) is 19.7 Å². The molecule has 5 rings (SSSR count). The van der Waals surface area contributed by atoms with Gasteiger partial charge in [0.1, 0.15) is 11.4 Å². The predicted octanol–water partition coefficient (Wildman–Crippen LogP) is 5.12. The summed E-state index contributed by atoms with van der Waals surface area (Å²) < 4.78 is 5.82. The molecule has 33 heavy (non-hydrogen) atoms. The lowest BCUT2D eigenvalue weighted by Crippen LogP contribution is -2.42. The molecule has 0 radical (unpaired) electrons. The van der Waals surface area contributed by atoms with Gasteiger partial charge in [-0.2, -0.15) is 0 Å². The molecule has 0 bridgehead atoms. The van der Waals surface area contributed by atoms with Crippen LogP contribution >= 0.6 is 0 Å². The van der Waals surface area contributed by atoms with Crippen LogP contribution in [0.3, 0.4) is 0 Å². The maximum atomic E-state index is 12.9. The van der Waals surface area contributed by atoms with Crippen molar-refractivity contribution in [3.63, 3.8) is 0 Å². The molecule has 2 aromatic heterocycles. The van der Waals surface area contributed by atoms with Gasteiger partial charge in [-0.05, 0) is 68.7 Å². The third-order valence-corrected chi connectivity index (χ3v) is 6.92. The van der Waals surface area contributed by atoms with Crippen LogP contribution in [0.5, 0.6) is 0 Å². The number of hydrogen-bond donors (Lipinski definition) is 1. The zero-order chi connectivity index (χ0) is 23.0. The van der Waals surface area contributed by atoms with Gasteiger partial charge in [0.2, 0.25) is 0 Å². The normalized spacial score (nSPS) is 24.5. The molecule has 1 saturated carbocycles. The molecule has 1 atom stereocenters. The summed E-state index contributed by atoms with van der Waals surface area (Å²) in [4.78, 5) is 28.0. The Morgan fingerprint density at radius 1 is 0.970 bits per heavy atom. The first kappa shape index (κ1) is 21.4. The van der Waals surface area contributed by atoms with Gasteiger partial charge in [-0.1, -0.05) is 30.3 Å². The predicted molar refractivity (Wildman–Crippen MR) is 126 cm³/mol. The van der Waals surface area contributed by atoms with E-state index in [0.29, 0.717) is 17.6 Å². The molecule has 170 valence electrons. The van der Waals surface area contributed by atoms with Crippen molar-refractivity contribution < 1.29 is 9.53 Å². The fourth-order valence-corrected chi connectivity index (χ4v) is 5.35. The second-order valence-corrected chi connectivity index (χ2v) is 9.47. The molecule has 1 aliphatic carbocycles. The number of benzene rings is 1. The van der Waals surface area contributed by atoms with Gasteiger partial charge in [0.05, 0.1) is 11.6 Å². The topological polar surface area (TPSA) is 94.2 Å². The van der Waals surface area contributed by atoms with Crippen LogP contribution in [-0.2, 0) is 4.74 Å². The summed E-state index contributed by atoms with van der Waals surface area (Å²) in [5.41, 5.74) is 8.58. The molecule has 2 fully saturated rings. The van der Waals surface area contributed by atoms with Crippen LogP contribution in [0.15, 0.2) is 61.1 Å². The molecule has 3 aromatic rings. The van der Waals surface area contributed by atoms with Gasteiger partial charge in [-0.3, -0.25) is 4.90 Å². The van der Waals surface area contributed by atoms with Crippen molar-refractivity contribution in [2.24, 2.45) is 0 Å². The molecular weight excluding hydrogens is 414 g/mol. The monoisotopic (exact) mass is 443 g/mol. The summed E-state index contributed by atoms with van der Waals surface area (Å²) in [5, 5.41) is 0. The van der Waals surface area contributed by atoms with Gasteiger partial charge in [0.15, 0.2) is 5.82 Å². The Labute approximate surface area is 194 Å². The van der Waals surface area contributed by atoms with E-state index >= 15 is 0 Å². The number of amides is 1. The van der Waals surface area contributed by atoms with Gasteiger partial charge >= 0.3 is 6.09 Å². The van der Waals surface area contributed by atoms with Crippen LogP contribution in [0.4, 0.5) is 10.6 Å². The highest BCUT2D eigenvalue weighted by molar-refractivity contribution is 5.72. The number of carbonyl (C=O) groups is 1. The number of nitrogen functional groups attached to an aromatic ring is 1. The molecule has 1 saturated heterocycles. The Kier molecular flexibility index (Phi) is 5.48. The molecule has 0 unspecified atom stereocenters. The quantitative estimate of drug-likeness (QED) is 0.601. The molecule has 0 spiro atoms. The van der Waals surface area contributed by atoms with Gasteiger partial charge in [0, 0.05) is 24.6 Å². The second kappa shape index (κ2) is 8.46. The molecule has 2 aliphatic rings. The first-order valence-electron chi connectivity index (χ1n) is 11.5. The number of aromatic nitrogens is 3. The lowest BCUT2D eigenvalue weighted by molar-refractivity contribution is 0.0664. The van der Waals surface area contributed by atoms with Crippen LogP contribution < -0.4 is 5.73 Å². The Morgan fingerprint density at radius 3 is 2.36 bits per heavy atom. The Morgan fingerprint density at radius 2 is 1.67 bits per heavy atom. The third-order valence-electron chi connectivity index (χ3n) is 6.92.